The molecule has 0 radical (unpaired) electrons. The largest absolute Gasteiger partial charge is 0.411 e. The molecule has 0 saturated carbocycles. The van der Waals surface area contributed by atoms with E-state index < -0.39 is 18.8 Å². The van der Waals surface area contributed by atoms with Crippen LogP contribution in [0.1, 0.15) is 18.4 Å². The van der Waals surface area contributed by atoms with Gasteiger partial charge in [-0.1, -0.05) is 18.2 Å². The second-order valence-electron chi connectivity index (χ2n) is 4.94. The molecule has 1 heterocycles. The third-order valence-corrected chi connectivity index (χ3v) is 4.22. The quantitative estimate of drug-likeness (QED) is 0.907. The Kier molecular flexibility index (Phi) is 5.16. The van der Waals surface area contributed by atoms with Crippen LogP contribution in [0.2, 0.25) is 0 Å². The van der Waals surface area contributed by atoms with Crippen molar-refractivity contribution in [2.45, 2.75) is 30.0 Å². The van der Waals surface area contributed by atoms with E-state index in [0.717, 1.165) is 10.5 Å². The molecule has 0 fully saturated rings. The minimum absolute atomic E-state index is 0.160. The van der Waals surface area contributed by atoms with Crippen LogP contribution >= 0.6 is 11.8 Å². The van der Waals surface area contributed by atoms with Gasteiger partial charge in [-0.15, -0.1) is 11.8 Å². The summed E-state index contributed by atoms with van der Waals surface area (Å²) in [5.74, 6) is 0.230. The van der Waals surface area contributed by atoms with Gasteiger partial charge in [-0.2, -0.15) is 13.2 Å². The predicted octanol–water partition coefficient (Wildman–Crippen LogP) is 2.96. The van der Waals surface area contributed by atoms with Gasteiger partial charge in [-0.25, -0.2) is 0 Å². The topological polar surface area (TPSA) is 38.3 Å². The number of hydrogen-bond donors (Lipinski definition) is 1. The lowest BCUT2D eigenvalue weighted by molar-refractivity contribution is -0.175. The molecule has 0 bridgehead atoms. The van der Waals surface area contributed by atoms with E-state index in [0.29, 0.717) is 5.75 Å². The Morgan fingerprint density at radius 3 is 2.90 bits per heavy atom. The molecule has 3 nitrogen and oxygen atoms in total. The summed E-state index contributed by atoms with van der Waals surface area (Å²) >= 11 is 1.61. The molecule has 0 spiro atoms. The molecule has 7 heteroatoms. The van der Waals surface area contributed by atoms with Gasteiger partial charge >= 0.3 is 6.18 Å². The van der Waals surface area contributed by atoms with Crippen LogP contribution in [0.4, 0.5) is 13.2 Å². The second-order valence-corrected chi connectivity index (χ2v) is 6.00. The van der Waals surface area contributed by atoms with E-state index in [1.165, 1.54) is 0 Å². The van der Waals surface area contributed by atoms with Crippen LogP contribution in [0.25, 0.3) is 0 Å². The number of carbonyl (C=O) groups excluding carboxylic acids is 1. The van der Waals surface area contributed by atoms with Gasteiger partial charge in [0.05, 0.1) is 12.5 Å². The number of ether oxygens (including phenoxy) is 1. The summed E-state index contributed by atoms with van der Waals surface area (Å²) < 4.78 is 40.4. The molecule has 2 rings (SSSR count). The fourth-order valence-electron chi connectivity index (χ4n) is 2.12. The standard InChI is InChI=1S/C14H16F3NO2S/c1-9(6-20-8-14(15,16)17)18-13(19)11-7-21-12-5-3-2-4-10(11)12/h2-5,9,11H,6-8H2,1H3,(H,18,19)/t9-,11+/m0/s1. The molecule has 1 aliphatic rings. The maximum absolute atomic E-state index is 12.2. The molecule has 0 unspecified atom stereocenters. The van der Waals surface area contributed by atoms with E-state index in [9.17, 15) is 18.0 Å². The smallest absolute Gasteiger partial charge is 0.370 e. The van der Waals surface area contributed by atoms with E-state index in [1.807, 2.05) is 24.3 Å². The van der Waals surface area contributed by atoms with Gasteiger partial charge in [0.15, 0.2) is 0 Å². The molecule has 0 saturated heterocycles. The fourth-order valence-corrected chi connectivity index (χ4v) is 3.35. The Bertz CT molecular complexity index is 507. The normalized spacial score (nSPS) is 19.1. The lowest BCUT2D eigenvalue weighted by Gasteiger charge is -2.18. The Morgan fingerprint density at radius 1 is 1.48 bits per heavy atom. The lowest BCUT2D eigenvalue weighted by atomic mass is 10.0. The summed E-state index contributed by atoms with van der Waals surface area (Å²) in [6, 6.07) is 7.20. The van der Waals surface area contributed by atoms with Gasteiger partial charge in [0, 0.05) is 16.7 Å². The van der Waals surface area contributed by atoms with Gasteiger partial charge in [0.1, 0.15) is 6.61 Å². The zero-order valence-electron chi connectivity index (χ0n) is 11.4. The highest BCUT2D eigenvalue weighted by atomic mass is 32.2. The molecule has 21 heavy (non-hydrogen) atoms. The highest BCUT2D eigenvalue weighted by Crippen LogP contribution is 2.39. The number of hydrogen-bond acceptors (Lipinski definition) is 3. The van der Waals surface area contributed by atoms with Crippen molar-refractivity contribution in [2.75, 3.05) is 19.0 Å². The molecule has 1 aromatic carbocycles. The number of benzene rings is 1. The zero-order valence-corrected chi connectivity index (χ0v) is 12.3. The van der Waals surface area contributed by atoms with Crippen molar-refractivity contribution in [3.05, 3.63) is 29.8 Å². The first-order valence-electron chi connectivity index (χ1n) is 6.53. The number of fused-ring (bicyclic) bond motifs is 1. The third-order valence-electron chi connectivity index (χ3n) is 3.04. The Morgan fingerprint density at radius 2 is 2.19 bits per heavy atom. The average molecular weight is 319 g/mol. The first-order chi connectivity index (χ1) is 9.87. The Hall–Kier alpha value is -1.21. The van der Waals surface area contributed by atoms with Gasteiger partial charge in [-0.05, 0) is 18.6 Å². The van der Waals surface area contributed by atoms with E-state index in [2.05, 4.69) is 10.1 Å². The van der Waals surface area contributed by atoms with Gasteiger partial charge in [0.25, 0.3) is 0 Å². The number of amides is 1. The molecule has 2 atom stereocenters. The molecule has 1 aromatic rings. The molecule has 0 aromatic heterocycles. The second kappa shape index (κ2) is 6.70. The number of nitrogens with one attached hydrogen (secondary N) is 1. The highest BCUT2D eigenvalue weighted by molar-refractivity contribution is 7.99. The Labute approximate surface area is 125 Å². The van der Waals surface area contributed by atoms with Crippen LogP contribution < -0.4 is 5.32 Å². The fraction of sp³-hybridized carbons (Fsp3) is 0.500. The minimum Gasteiger partial charge on any atom is -0.370 e. The number of halogens is 3. The van der Waals surface area contributed by atoms with E-state index in [4.69, 9.17) is 0 Å². The first-order valence-corrected chi connectivity index (χ1v) is 7.52. The molecular weight excluding hydrogens is 303 g/mol. The maximum Gasteiger partial charge on any atom is 0.411 e. The van der Waals surface area contributed by atoms with E-state index in [1.54, 1.807) is 18.7 Å². The SMILES string of the molecule is C[C@@H](COCC(F)(F)F)NC(=O)[C@@H]1CSc2ccccc21. The van der Waals surface area contributed by atoms with Gasteiger partial charge < -0.3 is 10.1 Å². The number of alkyl halides is 3. The van der Waals surface area contributed by atoms with E-state index >= 15 is 0 Å². The van der Waals surface area contributed by atoms with E-state index in [-0.39, 0.29) is 18.4 Å². The monoisotopic (exact) mass is 319 g/mol. The van der Waals surface area contributed by atoms with Crippen molar-refractivity contribution < 1.29 is 22.7 Å². The van der Waals surface area contributed by atoms with Crippen LogP contribution in [0.3, 0.4) is 0 Å². The average Bonchev–Trinajstić information content (AvgIpc) is 2.80. The maximum atomic E-state index is 12.2. The molecule has 1 aliphatic heterocycles. The summed E-state index contributed by atoms with van der Waals surface area (Å²) in [6.07, 6.45) is -4.34. The third kappa shape index (κ3) is 4.64. The van der Waals surface area contributed by atoms with Crippen LogP contribution in [0, 0.1) is 0 Å². The van der Waals surface area contributed by atoms with Crippen molar-refractivity contribution in [3.63, 3.8) is 0 Å². The number of thioether (sulfide) groups is 1. The number of rotatable bonds is 5. The molecule has 116 valence electrons. The molecule has 0 aliphatic carbocycles. The summed E-state index contributed by atoms with van der Waals surface area (Å²) in [7, 11) is 0. The minimum atomic E-state index is -4.34. The highest BCUT2D eigenvalue weighted by Gasteiger charge is 2.30. The van der Waals surface area contributed by atoms with Gasteiger partial charge in [0.2, 0.25) is 5.91 Å². The Balaban J connectivity index is 1.82. The summed E-state index contributed by atoms with van der Waals surface area (Å²) in [5.41, 5.74) is 0.975. The summed E-state index contributed by atoms with van der Waals surface area (Å²) in [6.45, 7) is 0.171. The zero-order chi connectivity index (χ0) is 15.5. The number of carbonyl (C=O) groups is 1. The van der Waals surface area contributed by atoms with Crippen molar-refractivity contribution in [2.24, 2.45) is 0 Å². The van der Waals surface area contributed by atoms with Crippen LogP contribution in [0.5, 0.6) is 0 Å². The van der Waals surface area contributed by atoms with Crippen LogP contribution in [0.15, 0.2) is 29.2 Å². The molecule has 1 N–H and O–H groups in total. The lowest BCUT2D eigenvalue weighted by Crippen LogP contribution is -2.39. The van der Waals surface area contributed by atoms with Crippen molar-refractivity contribution in [3.8, 4) is 0 Å². The van der Waals surface area contributed by atoms with Crippen molar-refractivity contribution in [1.82, 2.24) is 5.32 Å². The van der Waals surface area contributed by atoms with Crippen LogP contribution in [-0.4, -0.2) is 37.1 Å². The molecular formula is C14H16F3NO2S. The summed E-state index contributed by atoms with van der Waals surface area (Å²) in [4.78, 5) is 13.3. The van der Waals surface area contributed by atoms with Crippen molar-refractivity contribution in [1.29, 1.82) is 0 Å². The predicted molar refractivity (Wildman–Crippen MR) is 74.4 cm³/mol. The van der Waals surface area contributed by atoms with Gasteiger partial charge in [-0.3, -0.25) is 4.79 Å². The summed E-state index contributed by atoms with van der Waals surface area (Å²) in [5, 5.41) is 2.70. The van der Waals surface area contributed by atoms with Crippen molar-refractivity contribution >= 4 is 17.7 Å². The first kappa shape index (κ1) is 16.2. The molecule has 1 amide bonds. The van der Waals surface area contributed by atoms with Crippen LogP contribution in [-0.2, 0) is 9.53 Å².